The maximum absolute atomic E-state index is 13.5. The Morgan fingerprint density at radius 3 is 2.36 bits per heavy atom. The van der Waals surface area contributed by atoms with Crippen molar-refractivity contribution in [3.63, 3.8) is 0 Å². The van der Waals surface area contributed by atoms with Gasteiger partial charge < -0.3 is 20.5 Å². The summed E-state index contributed by atoms with van der Waals surface area (Å²) in [6, 6.07) is 9.87. The van der Waals surface area contributed by atoms with Crippen LogP contribution in [-0.4, -0.2) is 43.1 Å². The number of halogens is 2. The second kappa shape index (κ2) is 11.5. The van der Waals surface area contributed by atoms with Crippen LogP contribution in [-0.2, 0) is 6.54 Å². The van der Waals surface area contributed by atoms with Crippen molar-refractivity contribution in [3.8, 4) is 0 Å². The lowest BCUT2D eigenvalue weighted by Gasteiger charge is -2.12. The average Bonchev–Trinajstić information content (AvgIpc) is 3.10. The summed E-state index contributed by atoms with van der Waals surface area (Å²) in [6.07, 6.45) is 3.99. The SMILES string of the molecule is CN=C(NCCNC(=O)c1ccccc1F)NCCn1cccc1.I. The molecule has 0 aliphatic carbocycles. The topological polar surface area (TPSA) is 70.4 Å². The number of amides is 1. The summed E-state index contributed by atoms with van der Waals surface area (Å²) in [7, 11) is 1.68. The average molecular weight is 459 g/mol. The first-order chi connectivity index (χ1) is 11.7. The van der Waals surface area contributed by atoms with Gasteiger partial charge >= 0.3 is 0 Å². The summed E-state index contributed by atoms with van der Waals surface area (Å²) >= 11 is 0. The molecule has 6 nitrogen and oxygen atoms in total. The molecule has 25 heavy (non-hydrogen) atoms. The van der Waals surface area contributed by atoms with Crippen LogP contribution in [0.25, 0.3) is 0 Å². The molecule has 3 N–H and O–H groups in total. The molecule has 0 radical (unpaired) electrons. The number of guanidine groups is 1. The molecular weight excluding hydrogens is 436 g/mol. The van der Waals surface area contributed by atoms with Crippen molar-refractivity contribution < 1.29 is 9.18 Å². The highest BCUT2D eigenvalue weighted by molar-refractivity contribution is 14.0. The molecule has 0 spiro atoms. The molecule has 0 bridgehead atoms. The van der Waals surface area contributed by atoms with E-state index in [1.165, 1.54) is 12.1 Å². The number of carbonyl (C=O) groups is 1. The van der Waals surface area contributed by atoms with Crippen LogP contribution in [0.1, 0.15) is 10.4 Å². The van der Waals surface area contributed by atoms with Crippen molar-refractivity contribution in [2.75, 3.05) is 26.7 Å². The maximum Gasteiger partial charge on any atom is 0.254 e. The number of hydrogen-bond acceptors (Lipinski definition) is 2. The molecule has 1 heterocycles. The molecule has 0 unspecified atom stereocenters. The first kappa shape index (κ1) is 20.9. The summed E-state index contributed by atoms with van der Waals surface area (Å²) < 4.78 is 15.5. The van der Waals surface area contributed by atoms with E-state index in [2.05, 4.69) is 25.5 Å². The van der Waals surface area contributed by atoms with E-state index in [9.17, 15) is 9.18 Å². The zero-order chi connectivity index (χ0) is 17.2. The van der Waals surface area contributed by atoms with Crippen molar-refractivity contribution >= 4 is 35.8 Å². The largest absolute Gasteiger partial charge is 0.355 e. The molecule has 0 atom stereocenters. The minimum atomic E-state index is -0.523. The highest BCUT2D eigenvalue weighted by atomic mass is 127. The normalized spacial score (nSPS) is 10.7. The highest BCUT2D eigenvalue weighted by Crippen LogP contribution is 2.05. The van der Waals surface area contributed by atoms with Crippen LogP contribution in [0.2, 0.25) is 0 Å². The van der Waals surface area contributed by atoms with E-state index in [4.69, 9.17) is 0 Å². The molecule has 0 saturated carbocycles. The highest BCUT2D eigenvalue weighted by Gasteiger charge is 2.09. The Morgan fingerprint density at radius 2 is 1.68 bits per heavy atom. The van der Waals surface area contributed by atoms with Gasteiger partial charge in [0, 0.05) is 45.6 Å². The molecule has 2 rings (SSSR count). The molecule has 0 aliphatic heterocycles. The van der Waals surface area contributed by atoms with E-state index >= 15 is 0 Å². The number of aromatic nitrogens is 1. The van der Waals surface area contributed by atoms with Gasteiger partial charge in [0.25, 0.3) is 5.91 Å². The maximum atomic E-state index is 13.5. The van der Waals surface area contributed by atoms with Crippen LogP contribution in [0.3, 0.4) is 0 Å². The standard InChI is InChI=1S/C17H22FN5O.HI/c1-19-17(22-10-13-23-11-4-5-12-23)21-9-8-20-16(24)14-6-2-3-7-15(14)18;/h2-7,11-12H,8-10,13H2,1H3,(H,20,24)(H2,19,21,22);1H. The second-order valence-electron chi connectivity index (χ2n) is 5.08. The Labute approximate surface area is 163 Å². The Bertz CT molecular complexity index is 675. The quantitative estimate of drug-likeness (QED) is 0.256. The van der Waals surface area contributed by atoms with Gasteiger partial charge in [0.05, 0.1) is 5.56 Å². The van der Waals surface area contributed by atoms with Crippen LogP contribution in [0.5, 0.6) is 0 Å². The zero-order valence-electron chi connectivity index (χ0n) is 14.0. The second-order valence-corrected chi connectivity index (χ2v) is 5.08. The van der Waals surface area contributed by atoms with Crippen molar-refractivity contribution in [2.45, 2.75) is 6.54 Å². The fourth-order valence-corrected chi connectivity index (χ4v) is 2.14. The summed E-state index contributed by atoms with van der Waals surface area (Å²) in [5.74, 6) is -0.293. The van der Waals surface area contributed by atoms with Crippen LogP contribution in [0, 0.1) is 5.82 Å². The Morgan fingerprint density at radius 1 is 1.04 bits per heavy atom. The van der Waals surface area contributed by atoms with Crippen LogP contribution in [0.4, 0.5) is 4.39 Å². The van der Waals surface area contributed by atoms with Gasteiger partial charge in [-0.2, -0.15) is 0 Å². The Kier molecular flexibility index (Phi) is 9.60. The van der Waals surface area contributed by atoms with Gasteiger partial charge in [0.1, 0.15) is 5.82 Å². The number of aliphatic imine (C=N–C) groups is 1. The van der Waals surface area contributed by atoms with Crippen LogP contribution >= 0.6 is 24.0 Å². The predicted molar refractivity (Wildman–Crippen MR) is 108 cm³/mol. The molecule has 1 aromatic carbocycles. The molecular formula is C17H23FIN5O. The number of hydrogen-bond donors (Lipinski definition) is 3. The number of benzene rings is 1. The van der Waals surface area contributed by atoms with Gasteiger partial charge in [-0.15, -0.1) is 24.0 Å². The van der Waals surface area contributed by atoms with E-state index in [-0.39, 0.29) is 29.5 Å². The van der Waals surface area contributed by atoms with E-state index < -0.39 is 11.7 Å². The monoisotopic (exact) mass is 459 g/mol. The van der Waals surface area contributed by atoms with E-state index in [0.29, 0.717) is 19.0 Å². The van der Waals surface area contributed by atoms with Gasteiger partial charge in [-0.25, -0.2) is 4.39 Å². The van der Waals surface area contributed by atoms with Gasteiger partial charge in [-0.3, -0.25) is 9.79 Å². The number of nitrogens with zero attached hydrogens (tertiary/aromatic N) is 2. The predicted octanol–water partition coefficient (Wildman–Crippen LogP) is 1.84. The van der Waals surface area contributed by atoms with Crippen LogP contribution < -0.4 is 16.0 Å². The molecule has 0 fully saturated rings. The van der Waals surface area contributed by atoms with Crippen molar-refractivity contribution in [1.29, 1.82) is 0 Å². The third kappa shape index (κ3) is 7.12. The molecule has 8 heteroatoms. The fourth-order valence-electron chi connectivity index (χ4n) is 2.14. The lowest BCUT2D eigenvalue weighted by Crippen LogP contribution is -2.42. The third-order valence-corrected chi connectivity index (χ3v) is 3.37. The molecule has 2 aromatic rings. The van der Waals surface area contributed by atoms with E-state index in [0.717, 1.165) is 13.1 Å². The number of carbonyl (C=O) groups excluding carboxylic acids is 1. The lowest BCUT2D eigenvalue weighted by atomic mass is 10.2. The van der Waals surface area contributed by atoms with Gasteiger partial charge in [0.15, 0.2) is 5.96 Å². The molecule has 0 aliphatic rings. The van der Waals surface area contributed by atoms with Crippen molar-refractivity contribution in [3.05, 3.63) is 60.2 Å². The molecule has 136 valence electrons. The third-order valence-electron chi connectivity index (χ3n) is 3.37. The van der Waals surface area contributed by atoms with E-state index in [1.807, 2.05) is 24.5 Å². The summed E-state index contributed by atoms with van der Waals surface area (Å²) in [4.78, 5) is 16.0. The lowest BCUT2D eigenvalue weighted by molar-refractivity contribution is 0.0950. The van der Waals surface area contributed by atoms with Crippen LogP contribution in [0.15, 0.2) is 53.8 Å². The first-order valence-corrected chi connectivity index (χ1v) is 7.78. The Balaban J connectivity index is 0.00000312. The Hall–Kier alpha value is -2.10. The molecule has 0 saturated heterocycles. The smallest absolute Gasteiger partial charge is 0.254 e. The zero-order valence-corrected chi connectivity index (χ0v) is 16.4. The van der Waals surface area contributed by atoms with E-state index in [1.54, 1.807) is 19.2 Å². The summed E-state index contributed by atoms with van der Waals surface area (Å²) in [5.41, 5.74) is 0.0479. The van der Waals surface area contributed by atoms with Gasteiger partial charge in [-0.1, -0.05) is 12.1 Å². The number of nitrogens with one attached hydrogen (secondary N) is 3. The van der Waals surface area contributed by atoms with Gasteiger partial charge in [-0.05, 0) is 24.3 Å². The van der Waals surface area contributed by atoms with Gasteiger partial charge in [0.2, 0.25) is 0 Å². The minimum absolute atomic E-state index is 0. The summed E-state index contributed by atoms with van der Waals surface area (Å²) in [6.45, 7) is 2.42. The van der Waals surface area contributed by atoms with Crippen molar-refractivity contribution in [1.82, 2.24) is 20.5 Å². The van der Waals surface area contributed by atoms with Crippen molar-refractivity contribution in [2.24, 2.45) is 4.99 Å². The first-order valence-electron chi connectivity index (χ1n) is 7.78. The fraction of sp³-hybridized carbons (Fsp3) is 0.294. The number of rotatable bonds is 7. The molecule has 1 amide bonds. The minimum Gasteiger partial charge on any atom is -0.355 e. The molecule has 1 aromatic heterocycles. The summed E-state index contributed by atoms with van der Waals surface area (Å²) in [5, 5.41) is 8.94.